The molecule has 3 aromatic rings. The van der Waals surface area contributed by atoms with Crippen molar-refractivity contribution in [3.05, 3.63) is 36.0 Å². The van der Waals surface area contributed by atoms with Gasteiger partial charge in [-0.2, -0.15) is 9.67 Å². The first-order chi connectivity index (χ1) is 17.1. The van der Waals surface area contributed by atoms with E-state index >= 15 is 0 Å². The zero-order chi connectivity index (χ0) is 25.3. The molecule has 0 bridgehead atoms. The van der Waals surface area contributed by atoms with Crippen LogP contribution in [-0.4, -0.2) is 59.2 Å². The molecule has 6 rings (SSSR count). The summed E-state index contributed by atoms with van der Waals surface area (Å²) in [5.41, 5.74) is 0.990. The van der Waals surface area contributed by atoms with Crippen molar-refractivity contribution < 1.29 is 9.13 Å². The summed E-state index contributed by atoms with van der Waals surface area (Å²) in [5, 5.41) is 18.8. The molecule has 0 atom stereocenters. The molecule has 2 N–H and O–H groups in total. The average Bonchev–Trinajstić information content (AvgIpc) is 3.28. The molecular weight excluding hydrogens is 461 g/mol. The zero-order valence-electron chi connectivity index (χ0n) is 21.3. The van der Waals surface area contributed by atoms with E-state index < -0.39 is 11.4 Å². The fraction of sp³-hybridized carbons (Fsp3) is 0.560. The number of likely N-dealkylation sites (tertiary alicyclic amines) is 1. The SMILES string of the molecule is CN1C(C)(C)CC(Nc2nc(Nc3ccc4c(c3)-n3nnnc3C3(CCC3)O4)ncc2F)CC1(C)C. The maximum absolute atomic E-state index is 14.7. The van der Waals surface area contributed by atoms with E-state index in [9.17, 15) is 4.39 Å². The highest BCUT2D eigenvalue weighted by Crippen LogP contribution is 2.49. The Labute approximate surface area is 209 Å². The minimum Gasteiger partial charge on any atom is -0.477 e. The Morgan fingerprint density at radius 1 is 1.11 bits per heavy atom. The summed E-state index contributed by atoms with van der Waals surface area (Å²) in [6.07, 6.45) is 5.84. The van der Waals surface area contributed by atoms with Crippen molar-refractivity contribution in [1.82, 2.24) is 35.1 Å². The molecule has 1 aromatic carbocycles. The number of rotatable bonds is 4. The first kappa shape index (κ1) is 23.1. The summed E-state index contributed by atoms with van der Waals surface area (Å²) in [5.74, 6) is 1.49. The number of halogens is 1. The Morgan fingerprint density at radius 2 is 1.86 bits per heavy atom. The molecule has 36 heavy (non-hydrogen) atoms. The van der Waals surface area contributed by atoms with E-state index in [1.165, 1.54) is 6.20 Å². The molecule has 2 aliphatic heterocycles. The second-order valence-electron chi connectivity index (χ2n) is 11.5. The predicted octanol–water partition coefficient (Wildman–Crippen LogP) is 4.17. The minimum absolute atomic E-state index is 0.0255. The third-order valence-electron chi connectivity index (χ3n) is 8.18. The lowest BCUT2D eigenvalue weighted by atomic mass is 9.77. The van der Waals surface area contributed by atoms with Gasteiger partial charge in [-0.25, -0.2) is 9.37 Å². The van der Waals surface area contributed by atoms with Crippen LogP contribution >= 0.6 is 0 Å². The number of hydrogen-bond acceptors (Lipinski definition) is 9. The van der Waals surface area contributed by atoms with Crippen LogP contribution in [0.15, 0.2) is 24.4 Å². The molecule has 0 radical (unpaired) electrons. The summed E-state index contributed by atoms with van der Waals surface area (Å²) < 4.78 is 22.8. The molecule has 11 heteroatoms. The maximum atomic E-state index is 14.7. The molecule has 2 fully saturated rings. The number of ether oxygens (including phenoxy) is 1. The number of anilines is 3. The summed E-state index contributed by atoms with van der Waals surface area (Å²) in [7, 11) is 2.15. The van der Waals surface area contributed by atoms with Gasteiger partial charge in [-0.3, -0.25) is 4.90 Å². The topological polar surface area (TPSA) is 106 Å². The van der Waals surface area contributed by atoms with Crippen LogP contribution in [0, 0.1) is 5.82 Å². The van der Waals surface area contributed by atoms with Crippen LogP contribution in [-0.2, 0) is 5.60 Å². The Kier molecular flexibility index (Phi) is 5.02. The number of hydrogen-bond donors (Lipinski definition) is 2. The van der Waals surface area contributed by atoms with Crippen LogP contribution < -0.4 is 15.4 Å². The standard InChI is InChI=1S/C25H32FN9O/c1-23(2)12-16(13-24(3,4)34(23)5)28-20-17(26)14-27-22(30-20)29-15-7-8-19-18(11-15)35-21(31-32-33-35)25(36-19)9-6-10-25/h7-8,11,14,16H,6,9-10,12-13H2,1-5H3,(H2,27,28,29,30). The molecule has 4 heterocycles. The van der Waals surface area contributed by atoms with Gasteiger partial charge in [0.25, 0.3) is 0 Å². The largest absolute Gasteiger partial charge is 0.477 e. The van der Waals surface area contributed by atoms with Crippen molar-refractivity contribution in [3.63, 3.8) is 0 Å². The molecular formula is C25H32FN9O. The Morgan fingerprint density at radius 3 is 2.56 bits per heavy atom. The Balaban J connectivity index is 1.23. The second kappa shape index (κ2) is 7.83. The molecule has 190 valence electrons. The van der Waals surface area contributed by atoms with Crippen LogP contribution in [0.3, 0.4) is 0 Å². The van der Waals surface area contributed by atoms with Crippen molar-refractivity contribution in [2.75, 3.05) is 17.7 Å². The molecule has 0 amide bonds. The third-order valence-corrected chi connectivity index (χ3v) is 8.18. The van der Waals surface area contributed by atoms with E-state index in [1.807, 2.05) is 18.2 Å². The van der Waals surface area contributed by atoms with Gasteiger partial charge >= 0.3 is 0 Å². The number of nitrogens with zero attached hydrogens (tertiary/aromatic N) is 7. The summed E-state index contributed by atoms with van der Waals surface area (Å²) >= 11 is 0. The molecule has 2 aromatic heterocycles. The lowest BCUT2D eigenvalue weighted by Gasteiger charge is -2.53. The second-order valence-corrected chi connectivity index (χ2v) is 11.5. The maximum Gasteiger partial charge on any atom is 0.229 e. The highest BCUT2D eigenvalue weighted by Gasteiger charge is 2.49. The molecule has 1 saturated carbocycles. The third kappa shape index (κ3) is 3.68. The number of benzene rings is 1. The lowest BCUT2D eigenvalue weighted by molar-refractivity contribution is -0.0293. The minimum atomic E-state index is -0.474. The molecule has 10 nitrogen and oxygen atoms in total. The van der Waals surface area contributed by atoms with Crippen molar-refractivity contribution >= 4 is 17.5 Å². The van der Waals surface area contributed by atoms with Gasteiger partial charge in [0, 0.05) is 22.8 Å². The highest BCUT2D eigenvalue weighted by molar-refractivity contribution is 5.64. The Hall–Kier alpha value is -3.34. The van der Waals surface area contributed by atoms with Crippen LogP contribution in [0.1, 0.15) is 65.6 Å². The van der Waals surface area contributed by atoms with E-state index in [0.717, 1.165) is 55.1 Å². The molecule has 3 aliphatic rings. The molecule has 0 unspecified atom stereocenters. The zero-order valence-corrected chi connectivity index (χ0v) is 21.3. The van der Waals surface area contributed by atoms with Gasteiger partial charge in [0.1, 0.15) is 11.4 Å². The molecule has 1 saturated heterocycles. The van der Waals surface area contributed by atoms with E-state index in [4.69, 9.17) is 4.74 Å². The normalized spacial score (nSPS) is 21.7. The van der Waals surface area contributed by atoms with E-state index in [0.29, 0.717) is 5.95 Å². The summed E-state index contributed by atoms with van der Waals surface area (Å²) in [6, 6.07) is 5.76. The first-order valence-corrected chi connectivity index (χ1v) is 12.5. The number of fused-ring (bicyclic) bond motifs is 4. The number of tetrazole rings is 1. The first-order valence-electron chi connectivity index (χ1n) is 12.5. The van der Waals surface area contributed by atoms with Crippen LogP contribution in [0.5, 0.6) is 5.75 Å². The number of piperidine rings is 1. The van der Waals surface area contributed by atoms with Gasteiger partial charge < -0.3 is 15.4 Å². The van der Waals surface area contributed by atoms with Gasteiger partial charge in [-0.1, -0.05) is 0 Å². The predicted molar refractivity (Wildman–Crippen MR) is 133 cm³/mol. The van der Waals surface area contributed by atoms with Crippen molar-refractivity contribution in [2.24, 2.45) is 0 Å². The van der Waals surface area contributed by atoms with Gasteiger partial charge in [0.05, 0.1) is 6.20 Å². The van der Waals surface area contributed by atoms with Crippen molar-refractivity contribution in [3.8, 4) is 11.4 Å². The van der Waals surface area contributed by atoms with Crippen LogP contribution in [0.25, 0.3) is 5.69 Å². The van der Waals surface area contributed by atoms with Crippen LogP contribution in [0.2, 0.25) is 0 Å². The van der Waals surface area contributed by atoms with Gasteiger partial charge in [-0.05, 0) is 95.5 Å². The fourth-order valence-corrected chi connectivity index (χ4v) is 5.88. The summed E-state index contributed by atoms with van der Waals surface area (Å²) in [6.45, 7) is 8.87. The van der Waals surface area contributed by atoms with Crippen molar-refractivity contribution in [2.45, 2.75) is 82.5 Å². The van der Waals surface area contributed by atoms with Gasteiger partial charge in [0.2, 0.25) is 5.95 Å². The number of aromatic nitrogens is 6. The molecule has 1 aliphatic carbocycles. The monoisotopic (exact) mass is 493 g/mol. The fourth-order valence-electron chi connectivity index (χ4n) is 5.88. The van der Waals surface area contributed by atoms with E-state index in [2.05, 4.69) is 75.8 Å². The van der Waals surface area contributed by atoms with E-state index in [1.54, 1.807) is 4.68 Å². The van der Waals surface area contributed by atoms with E-state index in [-0.39, 0.29) is 22.9 Å². The highest BCUT2D eigenvalue weighted by atomic mass is 19.1. The lowest BCUT2D eigenvalue weighted by Crippen LogP contribution is -2.61. The average molecular weight is 494 g/mol. The van der Waals surface area contributed by atoms with Crippen LogP contribution in [0.4, 0.5) is 21.8 Å². The number of nitrogens with one attached hydrogen (secondary N) is 2. The quantitative estimate of drug-likeness (QED) is 0.554. The van der Waals surface area contributed by atoms with Crippen molar-refractivity contribution in [1.29, 1.82) is 0 Å². The Bertz CT molecular complexity index is 1300. The molecule has 1 spiro atoms. The van der Waals surface area contributed by atoms with Gasteiger partial charge in [0.15, 0.2) is 23.1 Å². The summed E-state index contributed by atoms with van der Waals surface area (Å²) in [4.78, 5) is 11.0. The smallest absolute Gasteiger partial charge is 0.229 e. The van der Waals surface area contributed by atoms with Gasteiger partial charge in [-0.15, -0.1) is 5.10 Å².